The lowest BCUT2D eigenvalue weighted by Crippen LogP contribution is -1.91. The second-order valence-electron chi connectivity index (χ2n) is 3.32. The van der Waals surface area contributed by atoms with E-state index in [1.54, 1.807) is 12.1 Å². The molecule has 15 heavy (non-hydrogen) atoms. The summed E-state index contributed by atoms with van der Waals surface area (Å²) in [5.41, 5.74) is 1.78. The summed E-state index contributed by atoms with van der Waals surface area (Å²) in [6.45, 7) is 1.87. The molecule has 0 spiro atoms. The quantitative estimate of drug-likeness (QED) is 0.796. The van der Waals surface area contributed by atoms with Gasteiger partial charge >= 0.3 is 0 Å². The van der Waals surface area contributed by atoms with E-state index in [1.807, 2.05) is 19.1 Å². The Bertz CT molecular complexity index is 490. The Morgan fingerprint density at radius 3 is 2.60 bits per heavy atom. The number of aromatic nitrogens is 3. The molecule has 0 bridgehead atoms. The summed E-state index contributed by atoms with van der Waals surface area (Å²) in [4.78, 5) is 4.22. The summed E-state index contributed by atoms with van der Waals surface area (Å²) in [5.74, 6) is 1.59. The second kappa shape index (κ2) is 3.93. The molecule has 1 heterocycles. The molecule has 0 unspecified atom stereocenters. The third-order valence-electron chi connectivity index (χ3n) is 2.09. The van der Waals surface area contributed by atoms with Crippen LogP contribution in [0.5, 0.6) is 0 Å². The maximum atomic E-state index is 8.64. The standard InChI is InChI=1S/C11H10N4/c1-8-13-11(15-14-8)6-9-2-4-10(7-12)5-3-9/h2-5H,6H2,1H3,(H,13,14,15). The highest BCUT2D eigenvalue weighted by Gasteiger charge is 2.01. The first kappa shape index (κ1) is 9.41. The number of aryl methyl sites for hydroxylation is 1. The van der Waals surface area contributed by atoms with Gasteiger partial charge in [0, 0.05) is 6.42 Å². The largest absolute Gasteiger partial charge is 0.263 e. The highest BCUT2D eigenvalue weighted by Crippen LogP contribution is 2.07. The number of nitrogens with one attached hydrogen (secondary N) is 1. The third kappa shape index (κ3) is 2.20. The molecular weight excluding hydrogens is 188 g/mol. The van der Waals surface area contributed by atoms with E-state index in [4.69, 9.17) is 5.26 Å². The van der Waals surface area contributed by atoms with Gasteiger partial charge in [-0.1, -0.05) is 12.1 Å². The van der Waals surface area contributed by atoms with E-state index in [0.29, 0.717) is 12.0 Å². The minimum Gasteiger partial charge on any atom is -0.263 e. The van der Waals surface area contributed by atoms with Gasteiger partial charge in [0.05, 0.1) is 11.6 Å². The van der Waals surface area contributed by atoms with Crippen LogP contribution in [0.3, 0.4) is 0 Å². The van der Waals surface area contributed by atoms with Crippen molar-refractivity contribution in [2.75, 3.05) is 0 Å². The van der Waals surface area contributed by atoms with Crippen LogP contribution in [0.15, 0.2) is 24.3 Å². The van der Waals surface area contributed by atoms with Gasteiger partial charge in [-0.2, -0.15) is 10.4 Å². The highest BCUT2D eigenvalue weighted by molar-refractivity contribution is 5.32. The Hall–Kier alpha value is -2.15. The summed E-state index contributed by atoms with van der Waals surface area (Å²) in [6, 6.07) is 9.53. The topological polar surface area (TPSA) is 65.4 Å². The maximum absolute atomic E-state index is 8.64. The molecule has 0 aliphatic rings. The first-order valence-electron chi connectivity index (χ1n) is 4.65. The summed E-state index contributed by atoms with van der Waals surface area (Å²) < 4.78 is 0. The van der Waals surface area contributed by atoms with Crippen LogP contribution in [-0.2, 0) is 6.42 Å². The molecule has 2 rings (SSSR count). The fraction of sp³-hybridized carbons (Fsp3) is 0.182. The van der Waals surface area contributed by atoms with E-state index in [-0.39, 0.29) is 0 Å². The Balaban J connectivity index is 2.15. The van der Waals surface area contributed by atoms with Crippen molar-refractivity contribution in [3.63, 3.8) is 0 Å². The molecule has 1 N–H and O–H groups in total. The van der Waals surface area contributed by atoms with E-state index < -0.39 is 0 Å². The van der Waals surface area contributed by atoms with Crippen LogP contribution in [-0.4, -0.2) is 15.2 Å². The molecule has 0 saturated carbocycles. The highest BCUT2D eigenvalue weighted by atomic mass is 15.2. The van der Waals surface area contributed by atoms with Crippen molar-refractivity contribution in [3.05, 3.63) is 47.0 Å². The number of hydrogen-bond donors (Lipinski definition) is 1. The van der Waals surface area contributed by atoms with Crippen molar-refractivity contribution in [2.45, 2.75) is 13.3 Å². The average molecular weight is 198 g/mol. The first-order chi connectivity index (χ1) is 7.28. The van der Waals surface area contributed by atoms with Gasteiger partial charge in [-0.3, -0.25) is 5.10 Å². The van der Waals surface area contributed by atoms with Crippen LogP contribution >= 0.6 is 0 Å². The molecule has 0 fully saturated rings. The van der Waals surface area contributed by atoms with Crippen LogP contribution in [0.2, 0.25) is 0 Å². The van der Waals surface area contributed by atoms with Crippen molar-refractivity contribution in [2.24, 2.45) is 0 Å². The van der Waals surface area contributed by atoms with Gasteiger partial charge in [-0.25, -0.2) is 4.98 Å². The minimum atomic E-state index is 0.671. The Kier molecular flexibility index (Phi) is 2.46. The van der Waals surface area contributed by atoms with Gasteiger partial charge in [0.1, 0.15) is 5.82 Å². The summed E-state index contributed by atoms with van der Waals surface area (Å²) in [7, 11) is 0. The van der Waals surface area contributed by atoms with Gasteiger partial charge in [0.2, 0.25) is 0 Å². The van der Waals surface area contributed by atoms with Crippen LogP contribution in [0, 0.1) is 18.3 Å². The minimum absolute atomic E-state index is 0.671. The number of aromatic amines is 1. The number of rotatable bonds is 2. The fourth-order valence-corrected chi connectivity index (χ4v) is 1.35. The zero-order chi connectivity index (χ0) is 10.7. The van der Waals surface area contributed by atoms with Gasteiger partial charge in [-0.15, -0.1) is 0 Å². The second-order valence-corrected chi connectivity index (χ2v) is 3.32. The third-order valence-corrected chi connectivity index (χ3v) is 2.09. The first-order valence-corrected chi connectivity index (χ1v) is 4.65. The Labute approximate surface area is 87.6 Å². The zero-order valence-corrected chi connectivity index (χ0v) is 8.36. The lowest BCUT2D eigenvalue weighted by molar-refractivity contribution is 0.969. The van der Waals surface area contributed by atoms with Crippen molar-refractivity contribution in [1.82, 2.24) is 15.2 Å². The van der Waals surface area contributed by atoms with Gasteiger partial charge in [0.25, 0.3) is 0 Å². The SMILES string of the molecule is Cc1nc(Cc2ccc(C#N)cc2)n[nH]1. The van der Waals surface area contributed by atoms with Crippen molar-refractivity contribution in [1.29, 1.82) is 5.26 Å². The van der Waals surface area contributed by atoms with Crippen molar-refractivity contribution in [3.8, 4) is 6.07 Å². The predicted octanol–water partition coefficient (Wildman–Crippen LogP) is 1.58. The maximum Gasteiger partial charge on any atom is 0.155 e. The van der Waals surface area contributed by atoms with Gasteiger partial charge in [0.15, 0.2) is 5.82 Å². The Morgan fingerprint density at radius 1 is 1.33 bits per heavy atom. The van der Waals surface area contributed by atoms with E-state index in [2.05, 4.69) is 21.3 Å². The molecule has 0 radical (unpaired) electrons. The van der Waals surface area contributed by atoms with Gasteiger partial charge < -0.3 is 0 Å². The fourth-order valence-electron chi connectivity index (χ4n) is 1.35. The number of H-pyrrole nitrogens is 1. The molecule has 74 valence electrons. The molecule has 0 aliphatic carbocycles. The van der Waals surface area contributed by atoms with Crippen LogP contribution < -0.4 is 0 Å². The summed E-state index contributed by atoms with van der Waals surface area (Å²) >= 11 is 0. The number of nitriles is 1. The normalized spacial score (nSPS) is 9.87. The molecule has 0 atom stereocenters. The lowest BCUT2D eigenvalue weighted by atomic mass is 10.1. The molecule has 2 aromatic rings. The smallest absolute Gasteiger partial charge is 0.155 e. The van der Waals surface area contributed by atoms with E-state index in [1.165, 1.54) is 0 Å². The summed E-state index contributed by atoms with van der Waals surface area (Å²) in [6.07, 6.45) is 0.691. The molecule has 1 aromatic heterocycles. The molecule has 4 nitrogen and oxygen atoms in total. The molecule has 0 saturated heterocycles. The molecule has 4 heteroatoms. The summed E-state index contributed by atoms with van der Waals surface area (Å²) in [5, 5.41) is 15.5. The zero-order valence-electron chi connectivity index (χ0n) is 8.36. The average Bonchev–Trinajstić information content (AvgIpc) is 2.65. The van der Waals surface area contributed by atoms with Crippen molar-refractivity contribution >= 4 is 0 Å². The number of hydrogen-bond acceptors (Lipinski definition) is 3. The number of nitrogens with zero attached hydrogens (tertiary/aromatic N) is 3. The number of benzene rings is 1. The lowest BCUT2D eigenvalue weighted by Gasteiger charge is -1.96. The molecular formula is C11H10N4. The van der Waals surface area contributed by atoms with E-state index in [9.17, 15) is 0 Å². The van der Waals surface area contributed by atoms with E-state index >= 15 is 0 Å². The molecule has 0 aliphatic heterocycles. The van der Waals surface area contributed by atoms with Gasteiger partial charge in [-0.05, 0) is 24.6 Å². The predicted molar refractivity (Wildman–Crippen MR) is 55.1 cm³/mol. The van der Waals surface area contributed by atoms with E-state index in [0.717, 1.165) is 17.2 Å². The molecule has 1 aromatic carbocycles. The van der Waals surface area contributed by atoms with Crippen LogP contribution in [0.4, 0.5) is 0 Å². The van der Waals surface area contributed by atoms with Crippen LogP contribution in [0.1, 0.15) is 22.8 Å². The van der Waals surface area contributed by atoms with Crippen LogP contribution in [0.25, 0.3) is 0 Å². The van der Waals surface area contributed by atoms with Crippen molar-refractivity contribution < 1.29 is 0 Å². The molecule has 0 amide bonds. The Morgan fingerprint density at radius 2 is 2.07 bits per heavy atom. The monoisotopic (exact) mass is 198 g/mol.